The lowest BCUT2D eigenvalue weighted by atomic mass is 10.0. The molecule has 1 aliphatic rings. The molecule has 2 aromatic carbocycles. The highest BCUT2D eigenvalue weighted by Crippen LogP contribution is 2.14. The fourth-order valence-corrected chi connectivity index (χ4v) is 4.15. The van der Waals surface area contributed by atoms with Crippen molar-refractivity contribution in [2.75, 3.05) is 19.7 Å². The van der Waals surface area contributed by atoms with Gasteiger partial charge < -0.3 is 30.3 Å². The summed E-state index contributed by atoms with van der Waals surface area (Å²) in [5, 5.41) is 8.30. The molecule has 0 radical (unpaired) electrons. The van der Waals surface area contributed by atoms with Crippen LogP contribution in [0.5, 0.6) is 0 Å². The predicted octanol–water partition coefficient (Wildman–Crippen LogP) is 3.02. The third-order valence-electron chi connectivity index (χ3n) is 6.25. The maximum Gasteiger partial charge on any atom is 0.408 e. The molecule has 40 heavy (non-hydrogen) atoms. The molecule has 1 aliphatic heterocycles. The Bertz CT molecular complexity index is 1160. The van der Waals surface area contributed by atoms with Gasteiger partial charge in [0.1, 0.15) is 17.2 Å². The minimum atomic E-state index is -1.36. The van der Waals surface area contributed by atoms with Gasteiger partial charge >= 0.3 is 6.09 Å². The summed E-state index contributed by atoms with van der Waals surface area (Å²) < 4.78 is 11.1. The number of benzene rings is 2. The third kappa shape index (κ3) is 9.37. The van der Waals surface area contributed by atoms with Crippen molar-refractivity contribution in [3.63, 3.8) is 0 Å². The Kier molecular flexibility index (Phi) is 10.3. The van der Waals surface area contributed by atoms with Gasteiger partial charge in [0.25, 0.3) is 5.91 Å². The fraction of sp³-hybridized carbons (Fsp3) is 0.467. The summed E-state index contributed by atoms with van der Waals surface area (Å²) in [5.41, 5.74) is -0.622. The van der Waals surface area contributed by atoms with Crippen molar-refractivity contribution < 1.29 is 28.7 Å². The van der Waals surface area contributed by atoms with Crippen LogP contribution in [0.3, 0.4) is 0 Å². The first-order valence-corrected chi connectivity index (χ1v) is 13.4. The standard InChI is InChI=1S/C30H40N4O6/c1-29(2,3)40-28(38)33-30(4,5)27(37)32-24(20-39-19-21-12-8-6-9-13-21)26(36)34-17-16-23(18-34)31-25(35)22-14-10-7-11-15-22/h6-15,23-24H,16-20H2,1-5H3,(H,31,35)(H,32,37)(H,33,38)/t23?,24-/m1/s1. The average Bonchev–Trinajstić information content (AvgIpc) is 3.35. The van der Waals surface area contributed by atoms with Gasteiger partial charge in [-0.3, -0.25) is 14.4 Å². The zero-order chi connectivity index (χ0) is 29.3. The van der Waals surface area contributed by atoms with Gasteiger partial charge in [-0.05, 0) is 58.7 Å². The summed E-state index contributed by atoms with van der Waals surface area (Å²) in [4.78, 5) is 53.3. The summed E-state index contributed by atoms with van der Waals surface area (Å²) in [6.45, 7) is 9.16. The molecule has 1 saturated heterocycles. The average molecular weight is 553 g/mol. The van der Waals surface area contributed by atoms with Crippen LogP contribution in [0.1, 0.15) is 57.0 Å². The number of carbonyl (C=O) groups is 4. The lowest BCUT2D eigenvalue weighted by Gasteiger charge is -2.30. The third-order valence-corrected chi connectivity index (χ3v) is 6.25. The minimum absolute atomic E-state index is 0.0699. The van der Waals surface area contributed by atoms with Crippen molar-refractivity contribution >= 4 is 23.8 Å². The highest BCUT2D eigenvalue weighted by Gasteiger charge is 2.37. The van der Waals surface area contributed by atoms with Crippen molar-refractivity contribution in [3.05, 3.63) is 71.8 Å². The Labute approximate surface area is 235 Å². The number of carbonyl (C=O) groups excluding carboxylic acids is 4. The summed E-state index contributed by atoms with van der Waals surface area (Å²) in [6, 6.07) is 17.2. The van der Waals surface area contributed by atoms with E-state index in [9.17, 15) is 19.2 Å². The fourth-order valence-electron chi connectivity index (χ4n) is 4.15. The summed E-state index contributed by atoms with van der Waals surface area (Å²) in [6.07, 6.45) is -0.158. The van der Waals surface area contributed by atoms with Gasteiger partial charge in [-0.25, -0.2) is 4.79 Å². The molecular formula is C30H40N4O6. The smallest absolute Gasteiger partial charge is 0.408 e. The molecule has 0 saturated carbocycles. The van der Waals surface area contributed by atoms with Crippen molar-refractivity contribution in [3.8, 4) is 0 Å². The number of hydrogen-bond donors (Lipinski definition) is 3. The second-order valence-corrected chi connectivity index (χ2v) is 11.4. The first-order chi connectivity index (χ1) is 18.8. The second kappa shape index (κ2) is 13.4. The Morgan fingerprint density at radius 3 is 2.20 bits per heavy atom. The van der Waals surface area contributed by atoms with Crippen molar-refractivity contribution in [2.45, 2.75) is 70.9 Å². The number of rotatable bonds is 10. The number of alkyl carbamates (subject to hydrolysis) is 1. The molecule has 10 heteroatoms. The normalized spacial score (nSPS) is 16.1. The molecule has 216 valence electrons. The molecule has 1 fully saturated rings. The SMILES string of the molecule is CC(C)(C)OC(=O)NC(C)(C)C(=O)N[C@H](COCc1ccccc1)C(=O)N1CCC(NC(=O)c2ccccc2)C1. The molecule has 1 unspecified atom stereocenters. The minimum Gasteiger partial charge on any atom is -0.444 e. The largest absolute Gasteiger partial charge is 0.444 e. The molecule has 1 heterocycles. The van der Waals surface area contributed by atoms with Crippen LogP contribution in [0.2, 0.25) is 0 Å². The van der Waals surface area contributed by atoms with Gasteiger partial charge in [-0.1, -0.05) is 48.5 Å². The highest BCUT2D eigenvalue weighted by molar-refractivity contribution is 5.95. The van der Waals surface area contributed by atoms with Crippen LogP contribution in [0, 0.1) is 0 Å². The van der Waals surface area contributed by atoms with Gasteiger partial charge in [0, 0.05) is 24.7 Å². The molecule has 2 atom stereocenters. The summed E-state index contributed by atoms with van der Waals surface area (Å²) >= 11 is 0. The van der Waals surface area contributed by atoms with Gasteiger partial charge in [0.2, 0.25) is 11.8 Å². The van der Waals surface area contributed by atoms with E-state index in [2.05, 4.69) is 16.0 Å². The summed E-state index contributed by atoms with van der Waals surface area (Å²) in [7, 11) is 0. The first kappa shape index (κ1) is 30.6. The zero-order valence-electron chi connectivity index (χ0n) is 23.9. The molecule has 0 aromatic heterocycles. The Morgan fingerprint density at radius 2 is 1.57 bits per heavy atom. The van der Waals surface area contributed by atoms with Crippen molar-refractivity contribution in [1.82, 2.24) is 20.9 Å². The van der Waals surface area contributed by atoms with Gasteiger partial charge in [0.05, 0.1) is 13.2 Å². The number of hydrogen-bond acceptors (Lipinski definition) is 6. The lowest BCUT2D eigenvalue weighted by molar-refractivity contribution is -0.139. The molecule has 0 bridgehead atoms. The van der Waals surface area contributed by atoms with Gasteiger partial charge in [-0.2, -0.15) is 0 Å². The second-order valence-electron chi connectivity index (χ2n) is 11.4. The van der Waals surface area contributed by atoms with E-state index < -0.39 is 29.2 Å². The lowest BCUT2D eigenvalue weighted by Crippen LogP contribution is -2.60. The number of ether oxygens (including phenoxy) is 2. The zero-order valence-corrected chi connectivity index (χ0v) is 23.9. The number of likely N-dealkylation sites (tertiary alicyclic amines) is 1. The van der Waals surface area contributed by atoms with Crippen LogP contribution in [-0.2, 0) is 25.7 Å². The molecule has 0 aliphatic carbocycles. The Morgan fingerprint density at radius 1 is 0.950 bits per heavy atom. The van der Waals surface area contributed by atoms with Crippen molar-refractivity contribution in [2.24, 2.45) is 0 Å². The predicted molar refractivity (Wildman–Crippen MR) is 150 cm³/mol. The molecule has 2 aromatic rings. The van der Waals surface area contributed by atoms with E-state index in [1.807, 2.05) is 36.4 Å². The van der Waals surface area contributed by atoms with E-state index in [0.29, 0.717) is 25.1 Å². The molecule has 0 spiro atoms. The molecule has 3 rings (SSSR count). The van der Waals surface area contributed by atoms with Crippen LogP contribution >= 0.6 is 0 Å². The highest BCUT2D eigenvalue weighted by atomic mass is 16.6. The van der Waals surface area contributed by atoms with Crippen molar-refractivity contribution in [1.29, 1.82) is 0 Å². The van der Waals surface area contributed by atoms with Crippen LogP contribution in [-0.4, -0.2) is 71.6 Å². The van der Waals surface area contributed by atoms with Gasteiger partial charge in [0.15, 0.2) is 0 Å². The van der Waals surface area contributed by atoms with E-state index in [4.69, 9.17) is 9.47 Å². The Balaban J connectivity index is 1.65. The Hall–Kier alpha value is -3.92. The van der Waals surface area contributed by atoms with Crippen LogP contribution in [0.15, 0.2) is 60.7 Å². The van der Waals surface area contributed by atoms with E-state index >= 15 is 0 Å². The van der Waals surface area contributed by atoms with Crippen LogP contribution in [0.4, 0.5) is 4.79 Å². The molecule has 4 amide bonds. The monoisotopic (exact) mass is 552 g/mol. The van der Waals surface area contributed by atoms with E-state index in [-0.39, 0.29) is 31.1 Å². The van der Waals surface area contributed by atoms with E-state index in [1.165, 1.54) is 13.8 Å². The molecule has 3 N–H and O–H groups in total. The maximum absolute atomic E-state index is 13.6. The quantitative estimate of drug-likeness (QED) is 0.416. The number of nitrogens with zero attached hydrogens (tertiary/aromatic N) is 1. The molecule has 10 nitrogen and oxygen atoms in total. The molecular weight excluding hydrogens is 512 g/mol. The topological polar surface area (TPSA) is 126 Å². The number of amides is 4. The maximum atomic E-state index is 13.6. The summed E-state index contributed by atoms with van der Waals surface area (Å²) in [5.74, 6) is -1.09. The first-order valence-electron chi connectivity index (χ1n) is 13.4. The van der Waals surface area contributed by atoms with Gasteiger partial charge in [-0.15, -0.1) is 0 Å². The van der Waals surface area contributed by atoms with Crippen LogP contribution < -0.4 is 16.0 Å². The van der Waals surface area contributed by atoms with Crippen LogP contribution in [0.25, 0.3) is 0 Å². The van der Waals surface area contributed by atoms with E-state index in [1.54, 1.807) is 49.9 Å². The van der Waals surface area contributed by atoms with E-state index in [0.717, 1.165) is 5.56 Å². The number of nitrogens with one attached hydrogen (secondary N) is 3.